The first-order valence-electron chi connectivity index (χ1n) is 4.76. The summed E-state index contributed by atoms with van der Waals surface area (Å²) in [6.07, 6.45) is -0.798. The van der Waals surface area contributed by atoms with Gasteiger partial charge in [-0.25, -0.2) is 4.79 Å². The first kappa shape index (κ1) is 13.3. The fraction of sp³-hybridized carbons (Fsp3) is 0.300. The normalized spacial score (nSPS) is 11.6. The fourth-order valence-electron chi connectivity index (χ4n) is 1.09. The molecular formula is C10H11NO5S. The van der Waals surface area contributed by atoms with Gasteiger partial charge < -0.3 is 9.57 Å². The summed E-state index contributed by atoms with van der Waals surface area (Å²) in [4.78, 5) is 26.3. The number of benzene rings is 1. The van der Waals surface area contributed by atoms with Crippen LogP contribution in [0.15, 0.2) is 29.2 Å². The van der Waals surface area contributed by atoms with Crippen molar-refractivity contribution in [1.82, 2.24) is 0 Å². The molecule has 0 aliphatic carbocycles. The van der Waals surface area contributed by atoms with Crippen molar-refractivity contribution in [2.24, 2.45) is 0 Å². The molecule has 92 valence electrons. The predicted molar refractivity (Wildman–Crippen MR) is 61.5 cm³/mol. The molecule has 17 heavy (non-hydrogen) atoms. The van der Waals surface area contributed by atoms with Crippen molar-refractivity contribution in [3.05, 3.63) is 39.9 Å². The summed E-state index contributed by atoms with van der Waals surface area (Å²) >= 11 is 4.08. The largest absolute Gasteiger partial charge is 0.460 e. The van der Waals surface area contributed by atoms with E-state index < -0.39 is 17.2 Å². The highest BCUT2D eigenvalue weighted by molar-refractivity contribution is 7.80. The minimum absolute atomic E-state index is 0.184. The van der Waals surface area contributed by atoms with Crippen molar-refractivity contribution in [2.75, 3.05) is 6.61 Å². The molecule has 1 unspecified atom stereocenters. The number of rotatable bonds is 5. The minimum Gasteiger partial charge on any atom is -0.460 e. The Hall–Kier alpha value is -1.76. The predicted octanol–water partition coefficient (Wildman–Crippen LogP) is 1.73. The van der Waals surface area contributed by atoms with Crippen LogP contribution in [0.1, 0.15) is 17.3 Å². The molecule has 0 aromatic heterocycles. The molecule has 7 heteroatoms. The van der Waals surface area contributed by atoms with Crippen molar-refractivity contribution in [1.29, 1.82) is 0 Å². The molecule has 0 bridgehead atoms. The lowest BCUT2D eigenvalue weighted by atomic mass is 10.2. The molecule has 1 rings (SSSR count). The van der Waals surface area contributed by atoms with Crippen LogP contribution in [0, 0.1) is 10.1 Å². The molecule has 1 atom stereocenters. The maximum Gasteiger partial charge on any atom is 0.338 e. The lowest BCUT2D eigenvalue weighted by molar-refractivity contribution is -0.767. The number of carbonyl (C=O) groups is 1. The van der Waals surface area contributed by atoms with Crippen LogP contribution in [0.25, 0.3) is 0 Å². The lowest BCUT2D eigenvalue weighted by Gasteiger charge is -2.10. The molecule has 0 radical (unpaired) electrons. The molecule has 1 aromatic rings. The van der Waals surface area contributed by atoms with E-state index in [1.54, 1.807) is 24.3 Å². The van der Waals surface area contributed by atoms with Crippen molar-refractivity contribution < 1.29 is 19.5 Å². The summed E-state index contributed by atoms with van der Waals surface area (Å²) in [6.45, 7) is 1.25. The number of hydrogen-bond acceptors (Lipinski definition) is 6. The highest BCUT2D eigenvalue weighted by Gasteiger charge is 2.12. The second kappa shape index (κ2) is 6.09. The van der Waals surface area contributed by atoms with Crippen LogP contribution in [0.2, 0.25) is 0 Å². The van der Waals surface area contributed by atoms with E-state index in [1.807, 2.05) is 0 Å². The zero-order chi connectivity index (χ0) is 12.8. The number of ether oxygens (including phenoxy) is 1. The molecule has 0 spiro atoms. The first-order valence-corrected chi connectivity index (χ1v) is 5.21. The zero-order valence-electron chi connectivity index (χ0n) is 9.03. The quantitative estimate of drug-likeness (QED) is 0.376. The zero-order valence-corrected chi connectivity index (χ0v) is 9.92. The van der Waals surface area contributed by atoms with E-state index in [0.29, 0.717) is 10.5 Å². The summed E-state index contributed by atoms with van der Waals surface area (Å²) in [5.74, 6) is -0.570. The number of nitrogens with zero attached hydrogens (tertiary/aromatic N) is 1. The van der Waals surface area contributed by atoms with Crippen LogP contribution >= 0.6 is 12.6 Å². The number of esters is 1. The standard InChI is InChI=1S/C10H11NO5S/c1-7(16-11(13)14)6-15-10(12)8-3-2-4-9(17)5-8/h2-5,7,17H,6H2,1H3. The Kier molecular flexibility index (Phi) is 4.77. The topological polar surface area (TPSA) is 78.7 Å². The highest BCUT2D eigenvalue weighted by Crippen LogP contribution is 2.10. The van der Waals surface area contributed by atoms with E-state index in [-0.39, 0.29) is 6.61 Å². The third kappa shape index (κ3) is 4.73. The van der Waals surface area contributed by atoms with E-state index >= 15 is 0 Å². The third-order valence-electron chi connectivity index (χ3n) is 1.80. The van der Waals surface area contributed by atoms with Gasteiger partial charge in [0.05, 0.1) is 5.56 Å². The Morgan fingerprint density at radius 2 is 2.29 bits per heavy atom. The molecule has 0 saturated carbocycles. The highest BCUT2D eigenvalue weighted by atomic mass is 32.1. The molecule has 0 aliphatic rings. The van der Waals surface area contributed by atoms with Crippen LogP contribution in [0.3, 0.4) is 0 Å². The van der Waals surface area contributed by atoms with Crippen LogP contribution < -0.4 is 0 Å². The van der Waals surface area contributed by atoms with Gasteiger partial charge in [0.25, 0.3) is 5.09 Å². The molecule has 1 aromatic carbocycles. The van der Waals surface area contributed by atoms with E-state index in [0.717, 1.165) is 0 Å². The number of carbonyl (C=O) groups excluding carboxylic acids is 1. The smallest absolute Gasteiger partial charge is 0.338 e. The Bertz CT molecular complexity index is 423. The molecule has 0 N–H and O–H groups in total. The van der Waals surface area contributed by atoms with E-state index in [2.05, 4.69) is 17.5 Å². The Morgan fingerprint density at radius 3 is 2.88 bits per heavy atom. The average molecular weight is 257 g/mol. The first-order chi connectivity index (χ1) is 7.99. The summed E-state index contributed by atoms with van der Waals surface area (Å²) in [6, 6.07) is 6.50. The van der Waals surface area contributed by atoms with Gasteiger partial charge >= 0.3 is 5.97 Å². The molecule has 0 amide bonds. The van der Waals surface area contributed by atoms with Gasteiger partial charge in [0.1, 0.15) is 12.7 Å². The van der Waals surface area contributed by atoms with Gasteiger partial charge in [-0.3, -0.25) is 0 Å². The van der Waals surface area contributed by atoms with Crippen molar-refractivity contribution >= 4 is 18.6 Å². The second-order valence-electron chi connectivity index (χ2n) is 3.29. The average Bonchev–Trinajstić information content (AvgIpc) is 2.25. The lowest BCUT2D eigenvalue weighted by Crippen LogP contribution is -2.21. The van der Waals surface area contributed by atoms with Gasteiger partial charge in [-0.1, -0.05) is 6.07 Å². The Labute approximate surface area is 103 Å². The van der Waals surface area contributed by atoms with Crippen LogP contribution in [0.4, 0.5) is 0 Å². The molecule has 6 nitrogen and oxygen atoms in total. The van der Waals surface area contributed by atoms with E-state index in [4.69, 9.17) is 4.74 Å². The molecule has 0 fully saturated rings. The molecular weight excluding hydrogens is 246 g/mol. The van der Waals surface area contributed by atoms with Gasteiger partial charge in [0.2, 0.25) is 0 Å². The van der Waals surface area contributed by atoms with E-state index in [1.165, 1.54) is 6.92 Å². The summed E-state index contributed by atoms with van der Waals surface area (Å²) in [5.41, 5.74) is 0.339. The maximum absolute atomic E-state index is 11.5. The van der Waals surface area contributed by atoms with Gasteiger partial charge in [0, 0.05) is 4.90 Å². The van der Waals surface area contributed by atoms with Crippen molar-refractivity contribution in [3.8, 4) is 0 Å². The molecule has 0 aliphatic heterocycles. The number of thiol groups is 1. The molecule has 0 heterocycles. The summed E-state index contributed by atoms with van der Waals surface area (Å²) < 4.78 is 4.84. The maximum atomic E-state index is 11.5. The molecule has 0 saturated heterocycles. The van der Waals surface area contributed by atoms with Crippen LogP contribution in [-0.2, 0) is 9.57 Å². The SMILES string of the molecule is CC(COC(=O)c1cccc(S)c1)O[N+](=O)[O-]. The monoisotopic (exact) mass is 257 g/mol. The van der Waals surface area contributed by atoms with E-state index in [9.17, 15) is 14.9 Å². The Balaban J connectivity index is 2.47. The van der Waals surface area contributed by atoms with Crippen molar-refractivity contribution in [3.63, 3.8) is 0 Å². The van der Waals surface area contributed by atoms with Gasteiger partial charge in [-0.15, -0.1) is 22.7 Å². The summed E-state index contributed by atoms with van der Waals surface area (Å²) in [5, 5.41) is 9.08. The number of hydrogen-bond donors (Lipinski definition) is 1. The summed E-state index contributed by atoms with van der Waals surface area (Å²) in [7, 11) is 0. The van der Waals surface area contributed by atoms with Gasteiger partial charge in [-0.2, -0.15) is 0 Å². The van der Waals surface area contributed by atoms with Gasteiger partial charge in [-0.05, 0) is 25.1 Å². The fourth-order valence-corrected chi connectivity index (χ4v) is 1.31. The second-order valence-corrected chi connectivity index (χ2v) is 3.80. The van der Waals surface area contributed by atoms with Crippen LogP contribution in [-0.4, -0.2) is 23.8 Å². The van der Waals surface area contributed by atoms with Gasteiger partial charge in [0.15, 0.2) is 0 Å². The van der Waals surface area contributed by atoms with Crippen molar-refractivity contribution in [2.45, 2.75) is 17.9 Å². The minimum atomic E-state index is -0.924. The third-order valence-corrected chi connectivity index (χ3v) is 2.08. The van der Waals surface area contributed by atoms with Crippen LogP contribution in [0.5, 0.6) is 0 Å². The Morgan fingerprint density at radius 1 is 1.59 bits per heavy atom.